The molecule has 1 aromatic rings. The Bertz CT molecular complexity index is 362. The first-order valence-corrected chi connectivity index (χ1v) is 5.64. The van der Waals surface area contributed by atoms with Crippen LogP contribution in [0.4, 0.5) is 0 Å². The van der Waals surface area contributed by atoms with Gasteiger partial charge in [-0.1, -0.05) is 17.7 Å². The summed E-state index contributed by atoms with van der Waals surface area (Å²) in [5.74, 6) is 0. The highest BCUT2D eigenvalue weighted by Crippen LogP contribution is 2.28. The molecule has 2 heterocycles. The lowest BCUT2D eigenvalue weighted by Crippen LogP contribution is -2.23. The van der Waals surface area contributed by atoms with E-state index >= 15 is 0 Å². The van der Waals surface area contributed by atoms with Gasteiger partial charge in [0.25, 0.3) is 0 Å². The Morgan fingerprint density at radius 3 is 2.79 bits per heavy atom. The van der Waals surface area contributed by atoms with Gasteiger partial charge in [-0.25, -0.2) is 4.85 Å². The minimum Gasteiger partial charge on any atom is -0.316 e. The summed E-state index contributed by atoms with van der Waals surface area (Å²) in [6, 6.07) is 4.04. The summed E-state index contributed by atoms with van der Waals surface area (Å²) in [5, 5.41) is 5.34. The molecule has 2 nitrogen and oxygen atoms in total. The largest absolute Gasteiger partial charge is 0.316 e. The van der Waals surface area contributed by atoms with Crippen molar-refractivity contribution in [1.82, 2.24) is 5.32 Å². The molecule has 0 aliphatic carbocycles. The average Bonchev–Trinajstić information content (AvgIpc) is 2.74. The van der Waals surface area contributed by atoms with Gasteiger partial charge in [0, 0.05) is 4.88 Å². The van der Waals surface area contributed by atoms with Crippen molar-refractivity contribution in [1.29, 1.82) is 0 Å². The molecule has 0 spiro atoms. The summed E-state index contributed by atoms with van der Waals surface area (Å²) < 4.78 is 0. The number of piperidine rings is 1. The van der Waals surface area contributed by atoms with Crippen LogP contribution in [0, 0.1) is 6.57 Å². The van der Waals surface area contributed by atoms with Crippen LogP contribution in [0.1, 0.15) is 17.7 Å². The summed E-state index contributed by atoms with van der Waals surface area (Å²) in [4.78, 5) is 4.79. The molecule has 1 aromatic heterocycles. The Labute approximate surface area is 88.1 Å². The molecular weight excluding hydrogens is 192 g/mol. The molecule has 1 aliphatic heterocycles. The lowest BCUT2D eigenvalue weighted by molar-refractivity contribution is 0.612. The van der Waals surface area contributed by atoms with Crippen LogP contribution in [0.25, 0.3) is 10.5 Å². The number of hydrogen-bond acceptors (Lipinski definition) is 2. The van der Waals surface area contributed by atoms with Gasteiger partial charge in [0.1, 0.15) is 0 Å². The second kappa shape index (κ2) is 4.41. The molecule has 72 valence electrons. The van der Waals surface area contributed by atoms with E-state index in [1.807, 2.05) is 17.5 Å². The van der Waals surface area contributed by atoms with E-state index in [0.717, 1.165) is 36.5 Å². The number of hydrogen-bond donors (Lipinski definition) is 1. The molecule has 0 bridgehead atoms. The van der Waals surface area contributed by atoms with Crippen LogP contribution in [0.15, 0.2) is 23.1 Å². The van der Waals surface area contributed by atoms with E-state index in [2.05, 4.69) is 10.2 Å². The average molecular weight is 204 g/mol. The number of thiophene rings is 1. The Morgan fingerprint density at radius 2 is 2.21 bits per heavy atom. The zero-order valence-corrected chi connectivity index (χ0v) is 8.73. The zero-order valence-electron chi connectivity index (χ0n) is 7.92. The van der Waals surface area contributed by atoms with Crippen molar-refractivity contribution in [2.24, 2.45) is 0 Å². The molecule has 1 N–H and O–H groups in total. The monoisotopic (exact) mass is 204 g/mol. The summed E-state index contributed by atoms with van der Waals surface area (Å²) in [6.07, 6.45) is 2.05. The highest BCUT2D eigenvalue weighted by atomic mass is 32.1. The van der Waals surface area contributed by atoms with Crippen LogP contribution in [0.3, 0.4) is 0 Å². The fourth-order valence-electron chi connectivity index (χ4n) is 1.69. The van der Waals surface area contributed by atoms with Crippen molar-refractivity contribution in [2.75, 3.05) is 13.1 Å². The first-order valence-electron chi connectivity index (χ1n) is 4.76. The van der Waals surface area contributed by atoms with Gasteiger partial charge in [-0.2, -0.15) is 11.3 Å². The maximum atomic E-state index is 7.23. The molecule has 0 radical (unpaired) electrons. The zero-order chi connectivity index (χ0) is 9.80. The van der Waals surface area contributed by atoms with E-state index in [9.17, 15) is 0 Å². The first-order chi connectivity index (χ1) is 6.92. The normalized spacial score (nSPS) is 16.4. The Balaban J connectivity index is 2.32. The molecule has 1 aliphatic rings. The van der Waals surface area contributed by atoms with E-state index < -0.39 is 0 Å². The van der Waals surface area contributed by atoms with Crippen LogP contribution >= 0.6 is 11.3 Å². The van der Waals surface area contributed by atoms with Crippen LogP contribution in [0.2, 0.25) is 0 Å². The molecule has 0 amide bonds. The molecule has 0 unspecified atom stereocenters. The Hall–Kier alpha value is -1.11. The van der Waals surface area contributed by atoms with Crippen molar-refractivity contribution in [3.05, 3.63) is 39.4 Å². The third-order valence-corrected chi connectivity index (χ3v) is 3.28. The van der Waals surface area contributed by atoms with Crippen molar-refractivity contribution in [3.8, 4) is 0 Å². The standard InChI is InChI=1S/C11H12N2S/c1-12-11(10-3-2-8-14-10)9-4-6-13-7-5-9/h2-3,8,13H,4-7H2. The van der Waals surface area contributed by atoms with Crippen molar-refractivity contribution < 1.29 is 0 Å². The first kappa shape index (κ1) is 9.45. The second-order valence-corrected chi connectivity index (χ2v) is 4.24. The predicted octanol–water partition coefficient (Wildman–Crippen LogP) is 2.76. The van der Waals surface area contributed by atoms with Gasteiger partial charge in [-0.05, 0) is 31.3 Å². The molecular formula is C11H12N2S. The smallest absolute Gasteiger partial charge is 0.203 e. The molecule has 1 saturated heterocycles. The molecule has 3 heteroatoms. The predicted molar refractivity (Wildman–Crippen MR) is 59.9 cm³/mol. The summed E-state index contributed by atoms with van der Waals surface area (Å²) in [6.45, 7) is 9.25. The number of rotatable bonds is 1. The summed E-state index contributed by atoms with van der Waals surface area (Å²) in [7, 11) is 0. The van der Waals surface area contributed by atoms with Crippen LogP contribution in [-0.2, 0) is 0 Å². The molecule has 2 rings (SSSR count). The van der Waals surface area contributed by atoms with Gasteiger partial charge in [0.15, 0.2) is 0 Å². The van der Waals surface area contributed by atoms with Crippen molar-refractivity contribution in [3.63, 3.8) is 0 Å². The van der Waals surface area contributed by atoms with Gasteiger partial charge < -0.3 is 5.32 Å². The second-order valence-electron chi connectivity index (χ2n) is 3.29. The van der Waals surface area contributed by atoms with E-state index in [-0.39, 0.29) is 0 Å². The SMILES string of the molecule is [C-]#[N+]C(=C1CCNCC1)c1cccs1. The molecule has 1 fully saturated rings. The highest BCUT2D eigenvalue weighted by molar-refractivity contribution is 7.11. The van der Waals surface area contributed by atoms with Crippen LogP contribution in [0.5, 0.6) is 0 Å². The van der Waals surface area contributed by atoms with Crippen LogP contribution < -0.4 is 5.32 Å². The van der Waals surface area contributed by atoms with Gasteiger partial charge in [0.05, 0.1) is 6.57 Å². The molecule has 0 saturated carbocycles. The van der Waals surface area contributed by atoms with Crippen molar-refractivity contribution in [2.45, 2.75) is 12.8 Å². The van der Waals surface area contributed by atoms with E-state index in [4.69, 9.17) is 6.57 Å². The Kier molecular flexibility index (Phi) is 2.97. The van der Waals surface area contributed by atoms with Gasteiger partial charge in [-0.15, -0.1) is 0 Å². The molecule has 0 atom stereocenters. The van der Waals surface area contributed by atoms with Gasteiger partial charge >= 0.3 is 0 Å². The summed E-state index contributed by atoms with van der Waals surface area (Å²) in [5.41, 5.74) is 2.21. The summed E-state index contributed by atoms with van der Waals surface area (Å²) >= 11 is 1.66. The minimum atomic E-state index is 0.890. The van der Waals surface area contributed by atoms with Crippen molar-refractivity contribution >= 4 is 17.0 Å². The Morgan fingerprint density at radius 1 is 1.43 bits per heavy atom. The third-order valence-electron chi connectivity index (χ3n) is 2.41. The van der Waals surface area contributed by atoms with E-state index in [0.29, 0.717) is 0 Å². The quantitative estimate of drug-likeness (QED) is 0.696. The third kappa shape index (κ3) is 1.87. The fourth-order valence-corrected chi connectivity index (χ4v) is 2.45. The maximum absolute atomic E-state index is 7.23. The lowest BCUT2D eigenvalue weighted by atomic mass is 10.0. The van der Waals surface area contributed by atoms with E-state index in [1.165, 1.54) is 5.57 Å². The number of nitrogens with zero attached hydrogens (tertiary/aromatic N) is 1. The van der Waals surface area contributed by atoms with Crippen LogP contribution in [-0.4, -0.2) is 13.1 Å². The molecule has 0 aromatic carbocycles. The lowest BCUT2D eigenvalue weighted by Gasteiger charge is -2.16. The fraction of sp³-hybridized carbons (Fsp3) is 0.364. The van der Waals surface area contributed by atoms with E-state index in [1.54, 1.807) is 11.3 Å². The number of nitrogens with one attached hydrogen (secondary N) is 1. The topological polar surface area (TPSA) is 16.4 Å². The minimum absolute atomic E-state index is 0.890. The van der Waals surface area contributed by atoms with Gasteiger partial charge in [0.2, 0.25) is 5.70 Å². The highest BCUT2D eigenvalue weighted by Gasteiger charge is 2.12. The maximum Gasteiger partial charge on any atom is 0.203 e. The molecule has 14 heavy (non-hydrogen) atoms. The van der Waals surface area contributed by atoms with Gasteiger partial charge in [-0.3, -0.25) is 0 Å².